The molecule has 1 aliphatic rings. The molecular weight excluding hydrogens is 455 g/mol. The largest absolute Gasteiger partial charge is 0.348 e. The van der Waals surface area contributed by atoms with Gasteiger partial charge in [-0.1, -0.05) is 5.16 Å². The van der Waals surface area contributed by atoms with E-state index in [0.717, 1.165) is 32.9 Å². The highest BCUT2D eigenvalue weighted by Crippen LogP contribution is 2.31. The maximum absolute atomic E-state index is 14.0. The molecule has 5 rings (SSSR count). The number of allylic oxidation sites excluding steroid dienone is 4. The summed E-state index contributed by atoms with van der Waals surface area (Å²) >= 11 is 1.53. The molecule has 0 fully saturated rings. The molecule has 0 bridgehead atoms. The number of fused-ring (bicyclic) bond motifs is 2. The van der Waals surface area contributed by atoms with Crippen LogP contribution in [0, 0.1) is 20.8 Å². The molecular formula is C22H18F3N5O2S. The van der Waals surface area contributed by atoms with Crippen molar-refractivity contribution in [1.82, 2.24) is 19.7 Å². The van der Waals surface area contributed by atoms with Crippen LogP contribution in [0.25, 0.3) is 21.3 Å². The summed E-state index contributed by atoms with van der Waals surface area (Å²) in [5, 5.41) is 7.93. The van der Waals surface area contributed by atoms with Gasteiger partial charge < -0.3 is 14.4 Å². The van der Waals surface area contributed by atoms with Gasteiger partial charge in [0.25, 0.3) is 5.58 Å². The summed E-state index contributed by atoms with van der Waals surface area (Å²) in [6.45, 7) is 5.36. The summed E-state index contributed by atoms with van der Waals surface area (Å²) in [5.41, 5.74) is 2.62. The molecule has 2 unspecified atom stereocenters. The van der Waals surface area contributed by atoms with E-state index in [2.05, 4.69) is 20.4 Å². The number of rotatable bonds is 4. The highest BCUT2D eigenvalue weighted by molar-refractivity contribution is 7.18. The molecule has 11 heteroatoms. The van der Waals surface area contributed by atoms with Gasteiger partial charge in [-0.3, -0.25) is 4.79 Å². The summed E-state index contributed by atoms with van der Waals surface area (Å²) in [7, 11) is 0. The zero-order valence-corrected chi connectivity index (χ0v) is 18.6. The number of thiazole rings is 1. The standard InChI is InChI=1S/C22H18F3N5O2S/c1-9-4-16-17(33-11(3)26-16)7-15(9)27-22-28-21(31)20-19(10(2)29-32-20)30(22)8-12-5-13(23)18(25)14(24)6-12/h4-7,13,18H,8H2,1-3H3,(H,27,28,31). The minimum absolute atomic E-state index is 0.0793. The Balaban J connectivity index is 1.65. The fraction of sp³-hybridized carbons (Fsp3) is 0.273. The van der Waals surface area contributed by atoms with Crippen LogP contribution in [-0.4, -0.2) is 32.0 Å². The number of anilines is 2. The Morgan fingerprint density at radius 3 is 2.76 bits per heavy atom. The predicted molar refractivity (Wildman–Crippen MR) is 120 cm³/mol. The van der Waals surface area contributed by atoms with E-state index in [1.165, 1.54) is 11.3 Å². The number of benzene rings is 1. The zero-order valence-electron chi connectivity index (χ0n) is 17.8. The molecule has 2 atom stereocenters. The van der Waals surface area contributed by atoms with E-state index in [9.17, 15) is 18.0 Å². The second-order valence-corrected chi connectivity index (χ2v) is 9.12. The SMILES string of the molecule is Cc1nc2cc(C)c(Nc3nc(=O)c4onc(C)c4n3CC3=CC(F)C(F)C(F)=C3)cc2s1. The van der Waals surface area contributed by atoms with Gasteiger partial charge >= 0.3 is 5.56 Å². The minimum atomic E-state index is -2.33. The van der Waals surface area contributed by atoms with E-state index in [1.807, 2.05) is 26.0 Å². The molecule has 3 aromatic heterocycles. The van der Waals surface area contributed by atoms with Crippen molar-refractivity contribution >= 4 is 44.3 Å². The van der Waals surface area contributed by atoms with Crippen LogP contribution in [0.5, 0.6) is 0 Å². The Bertz CT molecular complexity index is 1530. The van der Waals surface area contributed by atoms with Crippen molar-refractivity contribution in [2.24, 2.45) is 0 Å². The molecule has 1 aliphatic carbocycles. The van der Waals surface area contributed by atoms with Gasteiger partial charge in [-0.05, 0) is 56.2 Å². The number of hydrogen-bond acceptors (Lipinski definition) is 7. The third-order valence-corrected chi connectivity index (χ3v) is 6.36. The molecule has 0 radical (unpaired) electrons. The first-order valence-electron chi connectivity index (χ1n) is 10.1. The van der Waals surface area contributed by atoms with Gasteiger partial charge in [-0.2, -0.15) is 4.98 Å². The van der Waals surface area contributed by atoms with Crippen LogP contribution < -0.4 is 10.9 Å². The maximum Gasteiger partial charge on any atom is 0.321 e. The Hall–Kier alpha value is -3.47. The first-order chi connectivity index (χ1) is 15.7. The van der Waals surface area contributed by atoms with Crippen LogP contribution in [0.1, 0.15) is 16.3 Å². The molecule has 0 aliphatic heterocycles. The Kier molecular flexibility index (Phi) is 5.08. The first-order valence-corrected chi connectivity index (χ1v) is 10.9. The zero-order chi connectivity index (χ0) is 23.4. The molecule has 170 valence electrons. The van der Waals surface area contributed by atoms with Crippen molar-refractivity contribution in [3.63, 3.8) is 0 Å². The van der Waals surface area contributed by atoms with Crippen LogP contribution in [0.3, 0.4) is 0 Å². The van der Waals surface area contributed by atoms with E-state index in [0.29, 0.717) is 16.9 Å². The number of aromatic nitrogens is 4. The Labute approximate surface area is 189 Å². The van der Waals surface area contributed by atoms with Gasteiger partial charge in [-0.25, -0.2) is 18.2 Å². The second kappa shape index (κ2) is 7.84. The average molecular weight is 473 g/mol. The number of hydrogen-bond donors (Lipinski definition) is 1. The van der Waals surface area contributed by atoms with E-state index in [-0.39, 0.29) is 23.6 Å². The Morgan fingerprint density at radius 1 is 1.21 bits per heavy atom. The van der Waals surface area contributed by atoms with Crippen molar-refractivity contribution in [1.29, 1.82) is 0 Å². The molecule has 0 spiro atoms. The summed E-state index contributed by atoms with van der Waals surface area (Å²) in [6.07, 6.45) is -2.46. The lowest BCUT2D eigenvalue weighted by Crippen LogP contribution is -2.22. The van der Waals surface area contributed by atoms with Crippen LogP contribution in [0.4, 0.5) is 24.8 Å². The number of nitrogens with one attached hydrogen (secondary N) is 1. The van der Waals surface area contributed by atoms with Crippen molar-refractivity contribution in [3.05, 3.63) is 62.3 Å². The van der Waals surface area contributed by atoms with Crippen molar-refractivity contribution in [3.8, 4) is 0 Å². The van der Waals surface area contributed by atoms with E-state index in [4.69, 9.17) is 4.52 Å². The first kappa shape index (κ1) is 21.4. The maximum atomic E-state index is 14.0. The topological polar surface area (TPSA) is 85.8 Å². The van der Waals surface area contributed by atoms with E-state index >= 15 is 0 Å². The predicted octanol–water partition coefficient (Wildman–Crippen LogP) is 5.13. The molecule has 1 N–H and O–H groups in total. The lowest BCUT2D eigenvalue weighted by Gasteiger charge is -2.20. The van der Waals surface area contributed by atoms with Crippen LogP contribution in [0.2, 0.25) is 0 Å². The summed E-state index contributed by atoms with van der Waals surface area (Å²) in [4.78, 5) is 21.2. The minimum Gasteiger partial charge on any atom is -0.348 e. The summed E-state index contributed by atoms with van der Waals surface area (Å²) in [5.74, 6) is -1.06. The molecule has 0 saturated heterocycles. The molecule has 3 heterocycles. The molecule has 7 nitrogen and oxygen atoms in total. The summed E-state index contributed by atoms with van der Waals surface area (Å²) < 4.78 is 49.1. The van der Waals surface area contributed by atoms with Crippen LogP contribution in [0.15, 0.2) is 45.0 Å². The van der Waals surface area contributed by atoms with Gasteiger partial charge in [0.2, 0.25) is 5.95 Å². The van der Waals surface area contributed by atoms with Crippen molar-refractivity contribution in [2.75, 3.05) is 5.32 Å². The van der Waals surface area contributed by atoms with Gasteiger partial charge in [0, 0.05) is 5.69 Å². The van der Waals surface area contributed by atoms with Crippen molar-refractivity contribution < 1.29 is 17.7 Å². The molecule has 1 aromatic carbocycles. The third kappa shape index (κ3) is 3.71. The van der Waals surface area contributed by atoms with Crippen LogP contribution in [-0.2, 0) is 6.54 Å². The number of halogens is 3. The van der Waals surface area contributed by atoms with E-state index < -0.39 is 23.7 Å². The monoisotopic (exact) mass is 473 g/mol. The number of nitrogens with zero attached hydrogens (tertiary/aromatic N) is 4. The smallest absolute Gasteiger partial charge is 0.321 e. The second-order valence-electron chi connectivity index (χ2n) is 7.88. The molecule has 33 heavy (non-hydrogen) atoms. The van der Waals surface area contributed by atoms with Gasteiger partial charge in [-0.15, -0.1) is 11.3 Å². The fourth-order valence-electron chi connectivity index (χ4n) is 3.86. The van der Waals surface area contributed by atoms with Gasteiger partial charge in [0.05, 0.1) is 21.8 Å². The number of alkyl halides is 2. The average Bonchev–Trinajstić information content (AvgIpc) is 3.31. The molecule has 0 amide bonds. The van der Waals surface area contributed by atoms with Crippen LogP contribution >= 0.6 is 11.3 Å². The molecule has 0 saturated carbocycles. The lowest BCUT2D eigenvalue weighted by atomic mass is 10.0. The third-order valence-electron chi connectivity index (χ3n) is 5.43. The van der Waals surface area contributed by atoms with Gasteiger partial charge in [0.15, 0.2) is 12.3 Å². The van der Waals surface area contributed by atoms with E-state index in [1.54, 1.807) is 11.5 Å². The fourth-order valence-corrected chi connectivity index (χ4v) is 4.71. The van der Waals surface area contributed by atoms with Gasteiger partial charge in [0.1, 0.15) is 17.0 Å². The molecule has 4 aromatic rings. The normalized spacial score (nSPS) is 18.6. The van der Waals surface area contributed by atoms with Crippen molar-refractivity contribution in [2.45, 2.75) is 39.7 Å². The Morgan fingerprint density at radius 2 is 2.00 bits per heavy atom. The highest BCUT2D eigenvalue weighted by atomic mass is 32.1. The summed E-state index contributed by atoms with van der Waals surface area (Å²) in [6, 6.07) is 3.82. The highest BCUT2D eigenvalue weighted by Gasteiger charge is 2.28. The quantitative estimate of drug-likeness (QED) is 0.442. The lowest BCUT2D eigenvalue weighted by molar-refractivity contribution is 0.205. The number of aryl methyl sites for hydroxylation is 3.